The van der Waals surface area contributed by atoms with Gasteiger partial charge in [0.1, 0.15) is 16.5 Å². The first-order valence-electron chi connectivity index (χ1n) is 5.97. The molecule has 3 heteroatoms. The molecule has 1 nitrogen and oxygen atoms in total. The summed E-state index contributed by atoms with van der Waals surface area (Å²) >= 11 is 0. The lowest BCUT2D eigenvalue weighted by Gasteiger charge is -2.30. The summed E-state index contributed by atoms with van der Waals surface area (Å²) in [7, 11) is -2.66. The summed E-state index contributed by atoms with van der Waals surface area (Å²) in [6.07, 6.45) is 6.89. The molecule has 0 rings (SSSR count). The first kappa shape index (κ1) is 14.9. The highest BCUT2D eigenvalue weighted by Crippen LogP contribution is 2.08. The summed E-state index contributed by atoms with van der Waals surface area (Å²) in [6.45, 7) is 13.9. The second-order valence-corrected chi connectivity index (χ2v) is 13.7. The van der Waals surface area contributed by atoms with Crippen molar-refractivity contribution in [3.8, 4) is 0 Å². The smallest absolute Gasteiger partial charge is 0.137 e. The van der Waals surface area contributed by atoms with Gasteiger partial charge in [0, 0.05) is 0 Å². The number of nitrogens with one attached hydrogen (secondary N) is 1. The van der Waals surface area contributed by atoms with Crippen LogP contribution in [-0.2, 0) is 0 Å². The van der Waals surface area contributed by atoms with Crippen LogP contribution in [0.5, 0.6) is 0 Å². The standard InChI is InChI=1S/C12H27NSi2/c1-7-9-11-14(3,4)13-15(5,6)12-10-8-2/h9-13H,7-8H2,1-6H3. The number of rotatable bonds is 6. The molecular weight excluding hydrogens is 214 g/mol. The van der Waals surface area contributed by atoms with E-state index < -0.39 is 16.5 Å². The maximum atomic E-state index is 3.91. The monoisotopic (exact) mass is 241 g/mol. The molecule has 88 valence electrons. The molecule has 0 radical (unpaired) electrons. The van der Waals surface area contributed by atoms with Gasteiger partial charge in [-0.15, -0.1) is 0 Å². The fraction of sp³-hybridized carbons (Fsp3) is 0.667. The van der Waals surface area contributed by atoms with E-state index in [0.717, 1.165) is 12.8 Å². The fourth-order valence-corrected chi connectivity index (χ4v) is 10.7. The van der Waals surface area contributed by atoms with Gasteiger partial charge in [-0.2, -0.15) is 0 Å². The topological polar surface area (TPSA) is 12.0 Å². The molecule has 0 aromatic heterocycles. The second kappa shape index (κ2) is 6.45. The van der Waals surface area contributed by atoms with Gasteiger partial charge in [0.2, 0.25) is 0 Å². The van der Waals surface area contributed by atoms with Gasteiger partial charge in [0.05, 0.1) is 0 Å². The highest BCUT2D eigenvalue weighted by Gasteiger charge is 2.26. The maximum absolute atomic E-state index is 3.91. The molecule has 0 atom stereocenters. The molecule has 0 unspecified atom stereocenters. The SMILES string of the molecule is CCC=C[Si](C)(C)N[Si](C)(C)C=CCC. The molecule has 0 heterocycles. The predicted molar refractivity (Wildman–Crippen MR) is 77.0 cm³/mol. The van der Waals surface area contributed by atoms with Gasteiger partial charge in [0.15, 0.2) is 0 Å². The molecule has 0 fully saturated rings. The fourth-order valence-electron chi connectivity index (χ4n) is 1.74. The Kier molecular flexibility index (Phi) is 6.40. The average molecular weight is 242 g/mol. The first-order valence-corrected chi connectivity index (χ1v) is 12.1. The summed E-state index contributed by atoms with van der Waals surface area (Å²) in [4.78, 5) is 0. The molecule has 0 aliphatic heterocycles. The van der Waals surface area contributed by atoms with Crippen LogP contribution < -0.4 is 4.65 Å². The molecule has 0 spiro atoms. The van der Waals surface area contributed by atoms with Gasteiger partial charge < -0.3 is 4.65 Å². The van der Waals surface area contributed by atoms with Crippen molar-refractivity contribution < 1.29 is 0 Å². The van der Waals surface area contributed by atoms with E-state index in [0.29, 0.717) is 0 Å². The molecule has 0 saturated carbocycles. The Labute approximate surface area is 97.8 Å². The summed E-state index contributed by atoms with van der Waals surface area (Å²) in [5, 5.41) is 0. The summed E-state index contributed by atoms with van der Waals surface area (Å²) in [5.74, 6) is 0. The van der Waals surface area contributed by atoms with Crippen LogP contribution in [0.3, 0.4) is 0 Å². The maximum Gasteiger partial charge on any atom is 0.137 e. The Bertz CT molecular complexity index is 206. The predicted octanol–water partition coefficient (Wildman–Crippen LogP) is 4.00. The van der Waals surface area contributed by atoms with Gasteiger partial charge in [-0.05, 0) is 12.8 Å². The van der Waals surface area contributed by atoms with Crippen LogP contribution in [0, 0.1) is 0 Å². The van der Waals surface area contributed by atoms with Crippen LogP contribution in [0.25, 0.3) is 0 Å². The van der Waals surface area contributed by atoms with Crippen LogP contribution in [0.15, 0.2) is 23.6 Å². The summed E-state index contributed by atoms with van der Waals surface area (Å²) < 4.78 is 3.91. The van der Waals surface area contributed by atoms with Crippen LogP contribution in [0.4, 0.5) is 0 Å². The van der Waals surface area contributed by atoms with E-state index in [1.165, 1.54) is 0 Å². The minimum absolute atomic E-state index is 1.14. The van der Waals surface area contributed by atoms with Crippen molar-refractivity contribution in [3.63, 3.8) is 0 Å². The molecule has 0 aliphatic rings. The van der Waals surface area contributed by atoms with Gasteiger partial charge in [-0.25, -0.2) is 0 Å². The lowest BCUT2D eigenvalue weighted by molar-refractivity contribution is 1.21. The number of hydrogen-bond donors (Lipinski definition) is 1. The van der Waals surface area contributed by atoms with Crippen molar-refractivity contribution in [1.29, 1.82) is 0 Å². The van der Waals surface area contributed by atoms with Crippen molar-refractivity contribution in [2.75, 3.05) is 0 Å². The lowest BCUT2D eigenvalue weighted by Crippen LogP contribution is -2.57. The molecule has 0 amide bonds. The molecule has 15 heavy (non-hydrogen) atoms. The number of allylic oxidation sites excluding steroid dienone is 2. The Hall–Kier alpha value is -0.126. The Balaban J connectivity index is 4.42. The van der Waals surface area contributed by atoms with Crippen LogP contribution in [0.1, 0.15) is 26.7 Å². The lowest BCUT2D eigenvalue weighted by atomic mass is 10.5. The second-order valence-electron chi connectivity index (χ2n) is 5.19. The molecule has 0 saturated heterocycles. The average Bonchev–Trinajstić information content (AvgIpc) is 2.10. The highest BCUT2D eigenvalue weighted by molar-refractivity contribution is 6.95. The van der Waals surface area contributed by atoms with Gasteiger partial charge >= 0.3 is 0 Å². The van der Waals surface area contributed by atoms with Crippen molar-refractivity contribution in [2.45, 2.75) is 52.9 Å². The van der Waals surface area contributed by atoms with E-state index >= 15 is 0 Å². The Morgan fingerprint density at radius 3 is 1.40 bits per heavy atom. The van der Waals surface area contributed by atoms with E-state index in [4.69, 9.17) is 0 Å². The van der Waals surface area contributed by atoms with Crippen LogP contribution in [-0.4, -0.2) is 16.5 Å². The molecule has 0 bridgehead atoms. The zero-order valence-electron chi connectivity index (χ0n) is 11.2. The van der Waals surface area contributed by atoms with E-state index in [-0.39, 0.29) is 0 Å². The largest absolute Gasteiger partial charge is 0.353 e. The zero-order valence-corrected chi connectivity index (χ0v) is 13.2. The van der Waals surface area contributed by atoms with E-state index in [2.05, 4.69) is 68.2 Å². The molecule has 1 N–H and O–H groups in total. The Morgan fingerprint density at radius 2 is 1.13 bits per heavy atom. The minimum Gasteiger partial charge on any atom is -0.353 e. The highest BCUT2D eigenvalue weighted by atomic mass is 28.4. The summed E-state index contributed by atoms with van der Waals surface area (Å²) in [5.41, 5.74) is 4.84. The van der Waals surface area contributed by atoms with Gasteiger partial charge in [-0.1, -0.05) is 63.6 Å². The Morgan fingerprint density at radius 1 is 0.800 bits per heavy atom. The zero-order chi connectivity index (χ0) is 11.9. The molecular formula is C12H27NSi2. The van der Waals surface area contributed by atoms with E-state index in [1.54, 1.807) is 0 Å². The molecule has 0 aromatic rings. The normalized spacial score (nSPS) is 14.3. The van der Waals surface area contributed by atoms with E-state index in [1.807, 2.05) is 0 Å². The van der Waals surface area contributed by atoms with Gasteiger partial charge in [0.25, 0.3) is 0 Å². The van der Waals surface area contributed by atoms with Crippen molar-refractivity contribution in [3.05, 3.63) is 23.6 Å². The molecule has 0 aromatic carbocycles. The molecule has 0 aliphatic carbocycles. The number of hydrogen-bond acceptors (Lipinski definition) is 1. The third-order valence-corrected chi connectivity index (χ3v) is 9.48. The van der Waals surface area contributed by atoms with Gasteiger partial charge in [-0.3, -0.25) is 0 Å². The van der Waals surface area contributed by atoms with Crippen molar-refractivity contribution in [2.24, 2.45) is 0 Å². The minimum atomic E-state index is -1.33. The van der Waals surface area contributed by atoms with E-state index in [9.17, 15) is 0 Å². The van der Waals surface area contributed by atoms with Crippen LogP contribution >= 0.6 is 0 Å². The van der Waals surface area contributed by atoms with Crippen molar-refractivity contribution >= 4 is 16.5 Å². The third-order valence-electron chi connectivity index (χ3n) is 2.18. The van der Waals surface area contributed by atoms with Crippen molar-refractivity contribution in [1.82, 2.24) is 4.65 Å². The first-order chi connectivity index (χ1) is 6.83. The quantitative estimate of drug-likeness (QED) is 0.693. The van der Waals surface area contributed by atoms with Crippen LogP contribution in [0.2, 0.25) is 26.2 Å². The third kappa shape index (κ3) is 7.76. The summed E-state index contributed by atoms with van der Waals surface area (Å²) in [6, 6.07) is 0.